The van der Waals surface area contributed by atoms with E-state index in [1.807, 2.05) is 12.3 Å². The van der Waals surface area contributed by atoms with Gasteiger partial charge in [0.15, 0.2) is 0 Å². The quantitative estimate of drug-likeness (QED) is 0.733. The van der Waals surface area contributed by atoms with Crippen molar-refractivity contribution in [2.45, 2.75) is 45.6 Å². The summed E-state index contributed by atoms with van der Waals surface area (Å²) in [6.45, 7) is 8.71. The molecule has 1 aromatic heterocycles. The van der Waals surface area contributed by atoms with Crippen molar-refractivity contribution in [2.24, 2.45) is 0 Å². The van der Waals surface area contributed by atoms with Gasteiger partial charge in [-0.2, -0.15) is 0 Å². The van der Waals surface area contributed by atoms with E-state index in [1.165, 1.54) is 0 Å². The fourth-order valence-corrected chi connectivity index (χ4v) is 2.22. The molecule has 0 spiro atoms. The zero-order valence-corrected chi connectivity index (χ0v) is 10.6. The first-order valence-electron chi connectivity index (χ1n) is 6.18. The summed E-state index contributed by atoms with van der Waals surface area (Å²) in [6.07, 6.45) is 6.53. The predicted octanol–water partition coefficient (Wildman–Crippen LogP) is 3.67. The number of aromatic carboxylic acids is 1. The molecule has 0 fully saturated rings. The number of hydrogen-bond acceptors (Lipinski definition) is 1. The maximum Gasteiger partial charge on any atom is 0.337 e. The molecule has 0 aliphatic rings. The van der Waals surface area contributed by atoms with Gasteiger partial charge in [0.05, 0.1) is 5.56 Å². The van der Waals surface area contributed by atoms with Crippen LogP contribution in [0.25, 0.3) is 0 Å². The zero-order chi connectivity index (χ0) is 12.8. The average molecular weight is 235 g/mol. The standard InChI is InChI=1S/C14H21NO2/c1-4-7-9-15-10-8-12(14(16)17)13(15)11(5-2)6-3/h4,8,10-11H,1,5-7,9H2,2-3H3,(H,16,17). The van der Waals surface area contributed by atoms with Gasteiger partial charge in [-0.05, 0) is 31.2 Å². The van der Waals surface area contributed by atoms with Crippen molar-refractivity contribution in [3.8, 4) is 0 Å². The van der Waals surface area contributed by atoms with Crippen molar-refractivity contribution in [3.63, 3.8) is 0 Å². The third-order valence-corrected chi connectivity index (χ3v) is 3.18. The van der Waals surface area contributed by atoms with Crippen molar-refractivity contribution in [1.29, 1.82) is 0 Å². The molecular weight excluding hydrogens is 214 g/mol. The Morgan fingerprint density at radius 1 is 1.53 bits per heavy atom. The molecule has 0 unspecified atom stereocenters. The van der Waals surface area contributed by atoms with Crippen LogP contribution in [0, 0.1) is 0 Å². The first-order valence-corrected chi connectivity index (χ1v) is 6.18. The third kappa shape index (κ3) is 2.99. The minimum absolute atomic E-state index is 0.320. The van der Waals surface area contributed by atoms with Gasteiger partial charge in [-0.3, -0.25) is 0 Å². The van der Waals surface area contributed by atoms with Crippen molar-refractivity contribution in [3.05, 3.63) is 36.2 Å². The number of carboxylic acid groups (broad SMARTS) is 1. The zero-order valence-electron chi connectivity index (χ0n) is 10.6. The van der Waals surface area contributed by atoms with Crippen LogP contribution in [-0.4, -0.2) is 15.6 Å². The molecule has 0 aromatic carbocycles. The van der Waals surface area contributed by atoms with Crippen molar-refractivity contribution >= 4 is 5.97 Å². The van der Waals surface area contributed by atoms with Gasteiger partial charge in [0.2, 0.25) is 0 Å². The van der Waals surface area contributed by atoms with Crippen LogP contribution in [0.2, 0.25) is 0 Å². The Bertz CT molecular complexity index is 389. The fourth-order valence-electron chi connectivity index (χ4n) is 2.22. The molecule has 17 heavy (non-hydrogen) atoms. The van der Waals surface area contributed by atoms with Crippen LogP contribution < -0.4 is 0 Å². The van der Waals surface area contributed by atoms with Crippen LogP contribution in [0.3, 0.4) is 0 Å². The van der Waals surface area contributed by atoms with E-state index in [-0.39, 0.29) is 0 Å². The molecule has 1 N–H and O–H groups in total. The topological polar surface area (TPSA) is 42.2 Å². The monoisotopic (exact) mass is 235 g/mol. The van der Waals surface area contributed by atoms with Crippen LogP contribution in [0.5, 0.6) is 0 Å². The summed E-state index contributed by atoms with van der Waals surface area (Å²) >= 11 is 0. The highest BCUT2D eigenvalue weighted by atomic mass is 16.4. The second-order valence-corrected chi connectivity index (χ2v) is 4.20. The van der Waals surface area contributed by atoms with Gasteiger partial charge in [0.1, 0.15) is 0 Å². The lowest BCUT2D eigenvalue weighted by atomic mass is 9.96. The molecule has 0 radical (unpaired) electrons. The van der Waals surface area contributed by atoms with Gasteiger partial charge >= 0.3 is 5.97 Å². The second-order valence-electron chi connectivity index (χ2n) is 4.20. The molecule has 1 rings (SSSR count). The largest absolute Gasteiger partial charge is 0.478 e. The maximum absolute atomic E-state index is 11.2. The molecule has 0 saturated carbocycles. The summed E-state index contributed by atoms with van der Waals surface area (Å²) in [4.78, 5) is 11.2. The van der Waals surface area contributed by atoms with E-state index >= 15 is 0 Å². The average Bonchev–Trinajstić information content (AvgIpc) is 2.72. The van der Waals surface area contributed by atoms with Gasteiger partial charge in [-0.25, -0.2) is 4.79 Å². The normalized spacial score (nSPS) is 10.8. The summed E-state index contributed by atoms with van der Waals surface area (Å²) in [5.41, 5.74) is 1.41. The Morgan fingerprint density at radius 2 is 2.18 bits per heavy atom. The lowest BCUT2D eigenvalue weighted by Gasteiger charge is -2.17. The van der Waals surface area contributed by atoms with Crippen LogP contribution in [0.15, 0.2) is 24.9 Å². The fraction of sp³-hybridized carbons (Fsp3) is 0.500. The van der Waals surface area contributed by atoms with E-state index in [1.54, 1.807) is 6.07 Å². The molecule has 3 heteroatoms. The molecule has 0 atom stereocenters. The van der Waals surface area contributed by atoms with Gasteiger partial charge < -0.3 is 9.67 Å². The lowest BCUT2D eigenvalue weighted by Crippen LogP contribution is -2.11. The van der Waals surface area contributed by atoms with Crippen LogP contribution in [-0.2, 0) is 6.54 Å². The first-order chi connectivity index (χ1) is 8.15. The van der Waals surface area contributed by atoms with Crippen molar-refractivity contribution < 1.29 is 9.90 Å². The molecule has 94 valence electrons. The van der Waals surface area contributed by atoms with Gasteiger partial charge in [0.25, 0.3) is 0 Å². The summed E-state index contributed by atoms with van der Waals surface area (Å²) in [5.74, 6) is -0.509. The summed E-state index contributed by atoms with van der Waals surface area (Å²) in [7, 11) is 0. The Labute approximate surface area is 103 Å². The number of aryl methyl sites for hydroxylation is 1. The van der Waals surface area contributed by atoms with Crippen molar-refractivity contribution in [2.75, 3.05) is 0 Å². The Kier molecular flexibility index (Phi) is 5.01. The summed E-state index contributed by atoms with van der Waals surface area (Å²) in [6, 6.07) is 1.71. The molecular formula is C14H21NO2. The Balaban J connectivity index is 3.13. The van der Waals surface area contributed by atoms with E-state index in [2.05, 4.69) is 25.0 Å². The summed E-state index contributed by atoms with van der Waals surface area (Å²) < 4.78 is 2.06. The number of allylic oxidation sites excluding steroid dienone is 1. The molecule has 0 aliphatic carbocycles. The first kappa shape index (κ1) is 13.6. The number of rotatable bonds is 7. The second kappa shape index (κ2) is 6.28. The highest BCUT2D eigenvalue weighted by Crippen LogP contribution is 2.27. The Morgan fingerprint density at radius 3 is 2.65 bits per heavy atom. The van der Waals surface area contributed by atoms with E-state index in [0.717, 1.165) is 31.5 Å². The molecule has 0 amide bonds. The molecule has 1 heterocycles. The number of carbonyl (C=O) groups is 1. The molecule has 0 aliphatic heterocycles. The molecule has 3 nitrogen and oxygen atoms in total. The van der Waals surface area contributed by atoms with Crippen LogP contribution >= 0.6 is 0 Å². The SMILES string of the molecule is C=CCCn1ccc(C(=O)O)c1C(CC)CC. The van der Waals surface area contributed by atoms with E-state index < -0.39 is 5.97 Å². The smallest absolute Gasteiger partial charge is 0.337 e. The highest BCUT2D eigenvalue weighted by Gasteiger charge is 2.20. The van der Waals surface area contributed by atoms with Crippen LogP contribution in [0.4, 0.5) is 0 Å². The highest BCUT2D eigenvalue weighted by molar-refractivity contribution is 5.89. The van der Waals surface area contributed by atoms with Crippen LogP contribution in [0.1, 0.15) is 55.1 Å². The molecule has 0 bridgehead atoms. The Hall–Kier alpha value is -1.51. The van der Waals surface area contributed by atoms with Gasteiger partial charge in [-0.1, -0.05) is 19.9 Å². The van der Waals surface area contributed by atoms with E-state index in [9.17, 15) is 9.90 Å². The minimum Gasteiger partial charge on any atom is -0.478 e. The maximum atomic E-state index is 11.2. The van der Waals surface area contributed by atoms with Gasteiger partial charge in [-0.15, -0.1) is 6.58 Å². The van der Waals surface area contributed by atoms with Gasteiger partial charge in [0, 0.05) is 18.4 Å². The van der Waals surface area contributed by atoms with Crippen molar-refractivity contribution in [1.82, 2.24) is 4.57 Å². The van der Waals surface area contributed by atoms with E-state index in [0.29, 0.717) is 11.5 Å². The molecule has 1 aromatic rings. The predicted molar refractivity (Wildman–Crippen MR) is 69.5 cm³/mol. The minimum atomic E-state index is -0.829. The number of hydrogen-bond donors (Lipinski definition) is 1. The summed E-state index contributed by atoms with van der Waals surface area (Å²) in [5, 5.41) is 9.21. The lowest BCUT2D eigenvalue weighted by molar-refractivity contribution is 0.0695. The number of nitrogens with zero attached hydrogens (tertiary/aromatic N) is 1. The number of carboxylic acids is 1. The number of aromatic nitrogens is 1. The van der Waals surface area contributed by atoms with E-state index in [4.69, 9.17) is 0 Å². The molecule has 0 saturated heterocycles. The third-order valence-electron chi connectivity index (χ3n) is 3.18.